The topological polar surface area (TPSA) is 80.2 Å². The molecule has 0 bridgehead atoms. The van der Waals surface area contributed by atoms with Gasteiger partial charge in [-0.2, -0.15) is 13.2 Å². The van der Waals surface area contributed by atoms with E-state index in [9.17, 15) is 27.6 Å². The predicted molar refractivity (Wildman–Crippen MR) is 87.6 cm³/mol. The van der Waals surface area contributed by atoms with Crippen LogP contribution < -0.4 is 16.2 Å². The molecule has 138 valence electrons. The number of hydrogen-bond donors (Lipinski definition) is 2. The number of benzene rings is 1. The third-order valence-electron chi connectivity index (χ3n) is 3.36. The van der Waals surface area contributed by atoms with E-state index < -0.39 is 36.6 Å². The molecule has 2 amide bonds. The van der Waals surface area contributed by atoms with Gasteiger partial charge in [0, 0.05) is 6.20 Å². The quantitative estimate of drug-likeness (QED) is 0.808. The molecule has 0 aliphatic heterocycles. The van der Waals surface area contributed by atoms with Crippen LogP contribution >= 0.6 is 0 Å². The molecule has 0 aliphatic carbocycles. The fraction of sp³-hybridized carbons (Fsp3) is 0.235. The van der Waals surface area contributed by atoms with Crippen molar-refractivity contribution in [2.24, 2.45) is 0 Å². The average molecular weight is 367 g/mol. The van der Waals surface area contributed by atoms with Crippen molar-refractivity contribution in [2.75, 3.05) is 13.1 Å². The Labute approximate surface area is 146 Å². The molecule has 2 aromatic rings. The molecule has 1 aromatic carbocycles. The van der Waals surface area contributed by atoms with Crippen LogP contribution in [0.4, 0.5) is 13.2 Å². The fourth-order valence-electron chi connectivity index (χ4n) is 2.13. The summed E-state index contributed by atoms with van der Waals surface area (Å²) in [4.78, 5) is 35.7. The normalized spacial score (nSPS) is 11.0. The number of aromatic nitrogens is 1. The standard InChI is InChI=1S/C17H16F3N3O3/c18-17(19,20)11-22-14(24)9-21-15(25)13-7-4-8-23(16(13)26)10-12-5-2-1-3-6-12/h1-8H,9-11H2,(H,21,25)(H,22,24). The molecule has 1 aromatic heterocycles. The van der Waals surface area contributed by atoms with Gasteiger partial charge in [-0.05, 0) is 17.7 Å². The first-order valence-electron chi connectivity index (χ1n) is 7.61. The van der Waals surface area contributed by atoms with Crippen LogP contribution in [0.2, 0.25) is 0 Å². The first-order chi connectivity index (χ1) is 12.3. The Hall–Kier alpha value is -3.10. The summed E-state index contributed by atoms with van der Waals surface area (Å²) >= 11 is 0. The molecule has 26 heavy (non-hydrogen) atoms. The van der Waals surface area contributed by atoms with Gasteiger partial charge in [-0.25, -0.2) is 0 Å². The predicted octanol–water partition coefficient (Wildman–Crippen LogP) is 1.30. The van der Waals surface area contributed by atoms with E-state index in [4.69, 9.17) is 0 Å². The van der Waals surface area contributed by atoms with Crippen molar-refractivity contribution in [1.82, 2.24) is 15.2 Å². The van der Waals surface area contributed by atoms with Crippen molar-refractivity contribution in [3.05, 3.63) is 70.1 Å². The van der Waals surface area contributed by atoms with Crippen molar-refractivity contribution in [3.63, 3.8) is 0 Å². The summed E-state index contributed by atoms with van der Waals surface area (Å²) in [5.41, 5.74) is 0.0929. The number of rotatable bonds is 6. The summed E-state index contributed by atoms with van der Waals surface area (Å²) in [6.45, 7) is -1.90. The van der Waals surface area contributed by atoms with E-state index in [-0.39, 0.29) is 12.1 Å². The number of carbonyl (C=O) groups excluding carboxylic acids is 2. The van der Waals surface area contributed by atoms with Gasteiger partial charge in [0.25, 0.3) is 11.5 Å². The number of amides is 2. The van der Waals surface area contributed by atoms with Crippen LogP contribution in [-0.2, 0) is 11.3 Å². The van der Waals surface area contributed by atoms with Gasteiger partial charge in [-0.1, -0.05) is 30.3 Å². The Balaban J connectivity index is 2.00. The third kappa shape index (κ3) is 5.76. The molecular weight excluding hydrogens is 351 g/mol. The zero-order valence-corrected chi connectivity index (χ0v) is 13.5. The van der Waals surface area contributed by atoms with Crippen LogP contribution in [0.25, 0.3) is 0 Å². The number of pyridine rings is 1. The smallest absolute Gasteiger partial charge is 0.345 e. The molecule has 0 aliphatic rings. The van der Waals surface area contributed by atoms with E-state index >= 15 is 0 Å². The minimum atomic E-state index is -4.54. The number of halogens is 3. The van der Waals surface area contributed by atoms with Gasteiger partial charge in [-0.3, -0.25) is 14.4 Å². The summed E-state index contributed by atoms with van der Waals surface area (Å²) in [6, 6.07) is 11.9. The van der Waals surface area contributed by atoms with Gasteiger partial charge < -0.3 is 15.2 Å². The summed E-state index contributed by atoms with van der Waals surface area (Å²) < 4.78 is 37.4. The summed E-state index contributed by atoms with van der Waals surface area (Å²) in [7, 11) is 0. The second-order valence-electron chi connectivity index (χ2n) is 5.42. The van der Waals surface area contributed by atoms with Crippen LogP contribution in [0.5, 0.6) is 0 Å². The molecule has 2 rings (SSSR count). The van der Waals surface area contributed by atoms with E-state index in [2.05, 4.69) is 5.32 Å². The van der Waals surface area contributed by atoms with Gasteiger partial charge in [-0.15, -0.1) is 0 Å². The lowest BCUT2D eigenvalue weighted by molar-refractivity contribution is -0.137. The number of carbonyl (C=O) groups is 2. The Kier molecular flexibility index (Phi) is 6.16. The SMILES string of the molecule is O=C(CNC(=O)c1cccn(Cc2ccccc2)c1=O)NCC(F)(F)F. The van der Waals surface area contributed by atoms with E-state index in [1.54, 1.807) is 5.32 Å². The highest BCUT2D eigenvalue weighted by molar-refractivity contribution is 5.96. The van der Waals surface area contributed by atoms with Crippen LogP contribution in [0.3, 0.4) is 0 Å². The van der Waals surface area contributed by atoms with Gasteiger partial charge in [0.1, 0.15) is 12.1 Å². The maximum atomic E-state index is 12.4. The minimum Gasteiger partial charge on any atom is -0.345 e. The van der Waals surface area contributed by atoms with Crippen LogP contribution in [0.1, 0.15) is 15.9 Å². The van der Waals surface area contributed by atoms with Crippen molar-refractivity contribution < 1.29 is 22.8 Å². The number of hydrogen-bond acceptors (Lipinski definition) is 3. The Bertz CT molecular complexity index is 832. The van der Waals surface area contributed by atoms with Gasteiger partial charge in [0.2, 0.25) is 5.91 Å². The maximum Gasteiger partial charge on any atom is 0.405 e. The highest BCUT2D eigenvalue weighted by atomic mass is 19.4. The molecule has 0 radical (unpaired) electrons. The van der Waals surface area contributed by atoms with E-state index in [0.29, 0.717) is 0 Å². The van der Waals surface area contributed by atoms with Gasteiger partial charge in [0.05, 0.1) is 13.1 Å². The third-order valence-corrected chi connectivity index (χ3v) is 3.36. The summed E-state index contributed by atoms with van der Waals surface area (Å²) in [5, 5.41) is 3.76. The maximum absolute atomic E-state index is 12.4. The van der Waals surface area contributed by atoms with Gasteiger partial charge >= 0.3 is 6.18 Å². The Morgan fingerprint density at radius 3 is 2.35 bits per heavy atom. The van der Waals surface area contributed by atoms with Crippen molar-refractivity contribution >= 4 is 11.8 Å². The highest BCUT2D eigenvalue weighted by Crippen LogP contribution is 2.11. The molecular formula is C17H16F3N3O3. The van der Waals surface area contributed by atoms with E-state index in [0.717, 1.165) is 5.56 Å². The molecule has 0 saturated heterocycles. The molecule has 0 unspecified atom stereocenters. The average Bonchev–Trinajstić information content (AvgIpc) is 2.60. The number of nitrogens with one attached hydrogen (secondary N) is 2. The number of alkyl halides is 3. The fourth-order valence-corrected chi connectivity index (χ4v) is 2.13. The summed E-state index contributed by atoms with van der Waals surface area (Å²) in [6.07, 6.45) is -3.02. The highest BCUT2D eigenvalue weighted by Gasteiger charge is 2.27. The molecule has 0 spiro atoms. The van der Waals surface area contributed by atoms with Gasteiger partial charge in [0.15, 0.2) is 0 Å². The van der Waals surface area contributed by atoms with Crippen LogP contribution in [0, 0.1) is 0 Å². The molecule has 0 fully saturated rings. The Morgan fingerprint density at radius 1 is 1.00 bits per heavy atom. The van der Waals surface area contributed by atoms with Crippen molar-refractivity contribution in [1.29, 1.82) is 0 Å². The first kappa shape index (κ1) is 19.2. The molecule has 2 N–H and O–H groups in total. The molecule has 0 atom stereocenters. The molecule has 0 saturated carbocycles. The minimum absolute atomic E-state index is 0.202. The second-order valence-corrected chi connectivity index (χ2v) is 5.42. The van der Waals surface area contributed by atoms with Crippen molar-refractivity contribution in [2.45, 2.75) is 12.7 Å². The summed E-state index contributed by atoms with van der Waals surface area (Å²) in [5.74, 6) is -1.84. The zero-order chi connectivity index (χ0) is 19.2. The second kappa shape index (κ2) is 8.32. The Morgan fingerprint density at radius 2 is 1.69 bits per heavy atom. The largest absolute Gasteiger partial charge is 0.405 e. The lowest BCUT2D eigenvalue weighted by Gasteiger charge is -2.10. The molecule has 1 heterocycles. The van der Waals surface area contributed by atoms with Crippen LogP contribution in [0.15, 0.2) is 53.5 Å². The first-order valence-corrected chi connectivity index (χ1v) is 7.61. The lowest BCUT2D eigenvalue weighted by Crippen LogP contribution is -2.42. The van der Waals surface area contributed by atoms with E-state index in [1.807, 2.05) is 30.3 Å². The van der Waals surface area contributed by atoms with Crippen LogP contribution in [-0.4, -0.2) is 35.6 Å². The van der Waals surface area contributed by atoms with Crippen molar-refractivity contribution in [3.8, 4) is 0 Å². The number of nitrogens with zero attached hydrogens (tertiary/aromatic N) is 1. The monoisotopic (exact) mass is 367 g/mol. The molecule has 6 nitrogen and oxygen atoms in total. The lowest BCUT2D eigenvalue weighted by atomic mass is 10.2. The zero-order valence-electron chi connectivity index (χ0n) is 13.5. The molecule has 9 heteroatoms. The van der Waals surface area contributed by atoms with E-state index in [1.165, 1.54) is 22.9 Å².